The lowest BCUT2D eigenvalue weighted by molar-refractivity contribution is 0.0740. The molecule has 0 aliphatic carbocycles. The Morgan fingerprint density at radius 2 is 1.73 bits per heavy atom. The summed E-state index contributed by atoms with van der Waals surface area (Å²) in [5.41, 5.74) is 1.07. The van der Waals surface area contributed by atoms with Crippen LogP contribution in [0.15, 0.2) is 47.4 Å². The average Bonchev–Trinajstić information content (AvgIpc) is 2.55. The number of pyridine rings is 1. The van der Waals surface area contributed by atoms with Crippen molar-refractivity contribution in [1.82, 2.24) is 9.88 Å². The molecular weight excluding hydrogens is 285 g/mol. The summed E-state index contributed by atoms with van der Waals surface area (Å²) in [5.74, 6) is -0.429. The summed E-state index contributed by atoms with van der Waals surface area (Å²) in [6.45, 7) is 2.48. The monoisotopic (exact) mass is 301 g/mol. The number of hydrogen-bond donors (Lipinski definition) is 1. The molecule has 1 aromatic heterocycles. The summed E-state index contributed by atoms with van der Waals surface area (Å²) in [6.07, 6.45) is 1.48. The van der Waals surface area contributed by atoms with E-state index in [9.17, 15) is 14.0 Å². The molecule has 1 aliphatic heterocycles. The van der Waals surface area contributed by atoms with Crippen LogP contribution in [0, 0.1) is 5.82 Å². The van der Waals surface area contributed by atoms with Gasteiger partial charge >= 0.3 is 0 Å². The van der Waals surface area contributed by atoms with Crippen LogP contribution in [0.2, 0.25) is 0 Å². The van der Waals surface area contributed by atoms with Crippen LogP contribution in [-0.4, -0.2) is 42.0 Å². The first kappa shape index (κ1) is 14.3. The van der Waals surface area contributed by atoms with Crippen molar-refractivity contribution in [2.45, 2.75) is 0 Å². The maximum atomic E-state index is 12.9. The van der Waals surface area contributed by atoms with Crippen molar-refractivity contribution in [3.63, 3.8) is 0 Å². The number of piperazine rings is 1. The SMILES string of the molecule is O=C(c1cc(=O)cc[nH]1)N1CCN(c2ccc(F)cc2)CC1. The number of halogens is 1. The number of amides is 1. The van der Waals surface area contributed by atoms with Gasteiger partial charge < -0.3 is 14.8 Å². The van der Waals surface area contributed by atoms with Gasteiger partial charge in [-0.15, -0.1) is 0 Å². The second kappa shape index (κ2) is 6.01. The smallest absolute Gasteiger partial charge is 0.270 e. The number of H-pyrrole nitrogens is 1. The van der Waals surface area contributed by atoms with Crippen molar-refractivity contribution in [1.29, 1.82) is 0 Å². The Morgan fingerprint density at radius 3 is 2.36 bits per heavy atom. The van der Waals surface area contributed by atoms with E-state index in [1.54, 1.807) is 17.0 Å². The summed E-state index contributed by atoms with van der Waals surface area (Å²) < 4.78 is 12.9. The molecule has 2 aromatic rings. The van der Waals surface area contributed by atoms with Crippen LogP contribution < -0.4 is 10.3 Å². The van der Waals surface area contributed by atoms with E-state index in [0.29, 0.717) is 31.9 Å². The Bertz CT molecular complexity index is 719. The third-order valence-corrected chi connectivity index (χ3v) is 3.76. The number of carbonyl (C=O) groups is 1. The first-order chi connectivity index (χ1) is 10.6. The average molecular weight is 301 g/mol. The van der Waals surface area contributed by atoms with Gasteiger partial charge in [-0.1, -0.05) is 0 Å². The zero-order valence-electron chi connectivity index (χ0n) is 12.0. The van der Waals surface area contributed by atoms with E-state index in [1.165, 1.54) is 30.5 Å². The molecule has 1 amide bonds. The molecule has 0 spiro atoms. The molecule has 2 heterocycles. The molecule has 22 heavy (non-hydrogen) atoms. The van der Waals surface area contributed by atoms with Gasteiger partial charge in [0.25, 0.3) is 5.91 Å². The number of benzene rings is 1. The zero-order chi connectivity index (χ0) is 15.5. The quantitative estimate of drug-likeness (QED) is 0.914. The van der Waals surface area contributed by atoms with Crippen LogP contribution in [0.1, 0.15) is 10.5 Å². The maximum absolute atomic E-state index is 12.9. The fourth-order valence-electron chi connectivity index (χ4n) is 2.56. The minimum atomic E-state index is -0.259. The molecule has 0 radical (unpaired) electrons. The van der Waals surface area contributed by atoms with Gasteiger partial charge in [0.05, 0.1) is 0 Å². The summed E-state index contributed by atoms with van der Waals surface area (Å²) in [7, 11) is 0. The molecule has 6 heteroatoms. The first-order valence-electron chi connectivity index (χ1n) is 7.12. The van der Waals surface area contributed by atoms with Crippen molar-refractivity contribution in [2.24, 2.45) is 0 Å². The number of hydrogen-bond acceptors (Lipinski definition) is 3. The third kappa shape index (κ3) is 3.00. The fourth-order valence-corrected chi connectivity index (χ4v) is 2.56. The molecule has 0 bridgehead atoms. The maximum Gasteiger partial charge on any atom is 0.270 e. The molecular formula is C16H16FN3O2. The molecule has 0 unspecified atom stereocenters. The largest absolute Gasteiger partial charge is 0.368 e. The first-order valence-corrected chi connectivity index (χ1v) is 7.12. The Kier molecular flexibility index (Phi) is 3.91. The van der Waals surface area contributed by atoms with E-state index in [1.807, 2.05) is 0 Å². The topological polar surface area (TPSA) is 56.4 Å². The lowest BCUT2D eigenvalue weighted by atomic mass is 10.2. The van der Waals surface area contributed by atoms with E-state index in [4.69, 9.17) is 0 Å². The van der Waals surface area contributed by atoms with Crippen molar-refractivity contribution in [3.05, 3.63) is 64.3 Å². The lowest BCUT2D eigenvalue weighted by Gasteiger charge is -2.36. The molecule has 1 N–H and O–H groups in total. The van der Waals surface area contributed by atoms with Gasteiger partial charge in [-0.05, 0) is 24.3 Å². The summed E-state index contributed by atoms with van der Waals surface area (Å²) in [5, 5.41) is 0. The zero-order valence-corrected chi connectivity index (χ0v) is 12.0. The predicted octanol–water partition coefficient (Wildman–Crippen LogP) is 1.48. The second-order valence-corrected chi connectivity index (χ2v) is 5.19. The Hall–Kier alpha value is -2.63. The van der Waals surface area contributed by atoms with Crippen LogP contribution in [0.3, 0.4) is 0 Å². The van der Waals surface area contributed by atoms with Crippen LogP contribution >= 0.6 is 0 Å². The van der Waals surface area contributed by atoms with Gasteiger partial charge in [0.1, 0.15) is 11.5 Å². The normalized spacial score (nSPS) is 15.0. The Labute approximate surface area is 127 Å². The highest BCUT2D eigenvalue weighted by molar-refractivity contribution is 5.92. The molecule has 0 saturated carbocycles. The number of nitrogens with one attached hydrogen (secondary N) is 1. The van der Waals surface area contributed by atoms with E-state index >= 15 is 0 Å². The fraction of sp³-hybridized carbons (Fsp3) is 0.250. The molecule has 5 nitrogen and oxygen atoms in total. The van der Waals surface area contributed by atoms with E-state index in [-0.39, 0.29) is 17.2 Å². The Balaban J connectivity index is 1.65. The standard InChI is InChI=1S/C16H16FN3O2/c17-12-1-3-13(4-2-12)19-7-9-20(10-8-19)16(22)15-11-14(21)5-6-18-15/h1-6,11H,7-10H2,(H,18,21). The van der Waals surface area contributed by atoms with Crippen LogP contribution in [0.25, 0.3) is 0 Å². The Morgan fingerprint density at radius 1 is 1.05 bits per heavy atom. The van der Waals surface area contributed by atoms with Crippen LogP contribution in [0.5, 0.6) is 0 Å². The van der Waals surface area contributed by atoms with Gasteiger partial charge in [-0.3, -0.25) is 9.59 Å². The van der Waals surface area contributed by atoms with Gasteiger partial charge in [0.2, 0.25) is 0 Å². The van der Waals surface area contributed by atoms with E-state index in [0.717, 1.165) is 5.69 Å². The molecule has 1 fully saturated rings. The molecule has 0 atom stereocenters. The van der Waals surface area contributed by atoms with Gasteiger partial charge in [0.15, 0.2) is 5.43 Å². The molecule has 1 aromatic carbocycles. The van der Waals surface area contributed by atoms with Crippen molar-refractivity contribution in [2.75, 3.05) is 31.1 Å². The van der Waals surface area contributed by atoms with Crippen molar-refractivity contribution < 1.29 is 9.18 Å². The van der Waals surface area contributed by atoms with E-state index < -0.39 is 0 Å². The predicted molar refractivity (Wildman–Crippen MR) is 81.6 cm³/mol. The summed E-state index contributed by atoms with van der Waals surface area (Å²) in [6, 6.07) is 9.03. The van der Waals surface area contributed by atoms with Crippen LogP contribution in [0.4, 0.5) is 10.1 Å². The molecule has 1 saturated heterocycles. The minimum absolute atomic E-state index is 0.170. The number of anilines is 1. The number of nitrogens with zero attached hydrogens (tertiary/aromatic N) is 2. The lowest BCUT2D eigenvalue weighted by Crippen LogP contribution is -2.49. The third-order valence-electron chi connectivity index (χ3n) is 3.76. The highest BCUT2D eigenvalue weighted by Gasteiger charge is 2.22. The van der Waals surface area contributed by atoms with Gasteiger partial charge in [-0.2, -0.15) is 0 Å². The molecule has 114 valence electrons. The summed E-state index contributed by atoms with van der Waals surface area (Å²) >= 11 is 0. The van der Waals surface area contributed by atoms with Gasteiger partial charge in [-0.25, -0.2) is 4.39 Å². The minimum Gasteiger partial charge on any atom is -0.368 e. The van der Waals surface area contributed by atoms with Crippen LogP contribution in [-0.2, 0) is 0 Å². The number of aromatic nitrogens is 1. The second-order valence-electron chi connectivity index (χ2n) is 5.19. The highest BCUT2D eigenvalue weighted by Crippen LogP contribution is 2.17. The van der Waals surface area contributed by atoms with Crippen molar-refractivity contribution in [3.8, 4) is 0 Å². The van der Waals surface area contributed by atoms with Crippen molar-refractivity contribution >= 4 is 11.6 Å². The highest BCUT2D eigenvalue weighted by atomic mass is 19.1. The van der Waals surface area contributed by atoms with E-state index in [2.05, 4.69) is 9.88 Å². The molecule has 3 rings (SSSR count). The number of carbonyl (C=O) groups excluding carboxylic acids is 1. The summed E-state index contributed by atoms with van der Waals surface area (Å²) in [4.78, 5) is 30.3. The molecule has 1 aliphatic rings. The number of aromatic amines is 1. The van der Waals surface area contributed by atoms with Gasteiger partial charge in [0, 0.05) is 50.2 Å². The number of rotatable bonds is 2.